The molecule has 21 heavy (non-hydrogen) atoms. The summed E-state index contributed by atoms with van der Waals surface area (Å²) < 4.78 is 0. The molecule has 120 valence electrons. The zero-order chi connectivity index (χ0) is 15.4. The average molecular weight is 299 g/mol. The van der Waals surface area contributed by atoms with Crippen LogP contribution in [-0.4, -0.2) is 88.8 Å². The van der Waals surface area contributed by atoms with E-state index in [0.717, 1.165) is 12.8 Å². The fourth-order valence-corrected chi connectivity index (χ4v) is 3.07. The molecule has 7 nitrogen and oxygen atoms in total. The third kappa shape index (κ3) is 4.31. The van der Waals surface area contributed by atoms with Gasteiger partial charge >= 0.3 is 12.0 Å². The van der Waals surface area contributed by atoms with E-state index in [1.807, 2.05) is 14.7 Å². The number of carboxylic acids is 1. The number of aliphatic carboxylic acids is 1. The molecule has 0 aliphatic carbocycles. The van der Waals surface area contributed by atoms with Gasteiger partial charge in [0, 0.05) is 45.2 Å². The summed E-state index contributed by atoms with van der Waals surface area (Å²) in [7, 11) is 0. The topological polar surface area (TPSA) is 84.3 Å². The van der Waals surface area contributed by atoms with E-state index >= 15 is 0 Å². The Labute approximate surface area is 125 Å². The normalized spacial score (nSPS) is 25.7. The Morgan fingerprint density at radius 3 is 2.52 bits per heavy atom. The van der Waals surface area contributed by atoms with Crippen LogP contribution in [0.5, 0.6) is 0 Å². The van der Waals surface area contributed by atoms with Crippen molar-refractivity contribution in [1.82, 2.24) is 14.7 Å². The van der Waals surface area contributed by atoms with Gasteiger partial charge in [-0.3, -0.25) is 9.69 Å². The van der Waals surface area contributed by atoms with Gasteiger partial charge in [-0.2, -0.15) is 0 Å². The van der Waals surface area contributed by atoms with Crippen LogP contribution in [0.1, 0.15) is 19.8 Å². The monoisotopic (exact) mass is 299 g/mol. The van der Waals surface area contributed by atoms with E-state index < -0.39 is 5.97 Å². The van der Waals surface area contributed by atoms with Gasteiger partial charge in [-0.15, -0.1) is 0 Å². The van der Waals surface area contributed by atoms with Crippen LogP contribution in [0.15, 0.2) is 0 Å². The molecule has 0 bridgehead atoms. The molecule has 7 heteroatoms. The van der Waals surface area contributed by atoms with Crippen molar-refractivity contribution in [1.29, 1.82) is 0 Å². The van der Waals surface area contributed by atoms with Crippen molar-refractivity contribution in [2.24, 2.45) is 5.92 Å². The van der Waals surface area contributed by atoms with Crippen LogP contribution in [0.4, 0.5) is 4.79 Å². The van der Waals surface area contributed by atoms with Crippen molar-refractivity contribution in [3.05, 3.63) is 0 Å². The van der Waals surface area contributed by atoms with Crippen LogP contribution in [-0.2, 0) is 4.79 Å². The molecular formula is C14H25N3O4. The minimum Gasteiger partial charge on any atom is -0.480 e. The summed E-state index contributed by atoms with van der Waals surface area (Å²) in [4.78, 5) is 28.7. The Bertz CT molecular complexity index is 388. The molecule has 2 aliphatic rings. The number of urea groups is 1. The summed E-state index contributed by atoms with van der Waals surface area (Å²) in [5, 5.41) is 18.4. The number of hydrogen-bond acceptors (Lipinski definition) is 4. The quantitative estimate of drug-likeness (QED) is 0.760. The summed E-state index contributed by atoms with van der Waals surface area (Å²) in [6, 6.07) is 0.0234. The molecule has 2 fully saturated rings. The van der Waals surface area contributed by atoms with Crippen LogP contribution < -0.4 is 0 Å². The highest BCUT2D eigenvalue weighted by Gasteiger charge is 2.32. The lowest BCUT2D eigenvalue weighted by molar-refractivity contribution is -0.138. The van der Waals surface area contributed by atoms with E-state index in [0.29, 0.717) is 39.3 Å². The highest BCUT2D eigenvalue weighted by atomic mass is 16.4. The Morgan fingerprint density at radius 1 is 1.14 bits per heavy atom. The number of aliphatic hydroxyl groups is 1. The number of rotatable bonds is 3. The molecule has 0 aromatic carbocycles. The maximum Gasteiger partial charge on any atom is 0.320 e. The van der Waals surface area contributed by atoms with Crippen LogP contribution in [0.2, 0.25) is 0 Å². The number of carbonyl (C=O) groups is 2. The lowest BCUT2D eigenvalue weighted by atomic mass is 10.0. The Morgan fingerprint density at radius 2 is 1.90 bits per heavy atom. The van der Waals surface area contributed by atoms with Crippen LogP contribution in [0.25, 0.3) is 0 Å². The van der Waals surface area contributed by atoms with Crippen LogP contribution >= 0.6 is 0 Å². The van der Waals surface area contributed by atoms with Crippen LogP contribution in [0.3, 0.4) is 0 Å². The maximum absolute atomic E-state index is 12.5. The highest BCUT2D eigenvalue weighted by Crippen LogP contribution is 2.21. The Balaban J connectivity index is 1.85. The number of carbonyl (C=O) groups excluding carboxylic acids is 1. The molecule has 2 heterocycles. The van der Waals surface area contributed by atoms with Crippen molar-refractivity contribution in [3.8, 4) is 0 Å². The van der Waals surface area contributed by atoms with E-state index in [1.165, 1.54) is 0 Å². The fraction of sp³-hybridized carbons (Fsp3) is 0.857. The van der Waals surface area contributed by atoms with Crippen LogP contribution in [0, 0.1) is 5.92 Å². The van der Waals surface area contributed by atoms with Gasteiger partial charge < -0.3 is 20.0 Å². The number of likely N-dealkylation sites (tertiary alicyclic amines) is 1. The number of amides is 2. The molecule has 2 aliphatic heterocycles. The maximum atomic E-state index is 12.5. The number of hydrogen-bond donors (Lipinski definition) is 2. The number of carboxylic acid groups (broad SMARTS) is 1. The molecule has 2 N–H and O–H groups in total. The molecule has 0 aromatic heterocycles. The molecule has 0 saturated carbocycles. The predicted octanol–water partition coefficient (Wildman–Crippen LogP) is -0.0986. The Kier molecular flexibility index (Phi) is 5.41. The first kappa shape index (κ1) is 16.0. The van der Waals surface area contributed by atoms with Crippen molar-refractivity contribution >= 4 is 12.0 Å². The molecule has 2 rings (SSSR count). The second kappa shape index (κ2) is 7.09. The smallest absolute Gasteiger partial charge is 0.320 e. The zero-order valence-corrected chi connectivity index (χ0v) is 12.6. The first-order chi connectivity index (χ1) is 9.97. The van der Waals surface area contributed by atoms with Gasteiger partial charge in [-0.25, -0.2) is 4.79 Å². The average Bonchev–Trinajstić information content (AvgIpc) is 2.80. The van der Waals surface area contributed by atoms with Gasteiger partial charge in [0.25, 0.3) is 0 Å². The van der Waals surface area contributed by atoms with Gasteiger partial charge in [0.05, 0.1) is 12.6 Å². The molecule has 0 radical (unpaired) electrons. The standard InChI is InChI=1S/C14H25N3O4/c1-11(18)12-3-6-17(9-12)14(21)16-5-2-4-15(7-8-16)10-13(19)20/h11-12,18H,2-10H2,1H3,(H,19,20). The molecule has 2 saturated heterocycles. The molecule has 2 amide bonds. The second-order valence-electron chi connectivity index (χ2n) is 6.03. The zero-order valence-electron chi connectivity index (χ0n) is 12.6. The third-order valence-electron chi connectivity index (χ3n) is 4.40. The Hall–Kier alpha value is -1.34. The predicted molar refractivity (Wildman–Crippen MR) is 77.0 cm³/mol. The first-order valence-electron chi connectivity index (χ1n) is 7.63. The van der Waals surface area contributed by atoms with E-state index in [1.54, 1.807) is 6.92 Å². The SMILES string of the molecule is CC(O)C1CCN(C(=O)N2CCCN(CC(=O)O)CC2)C1. The van der Waals surface area contributed by atoms with Crippen molar-refractivity contribution < 1.29 is 19.8 Å². The van der Waals surface area contributed by atoms with Gasteiger partial charge in [0.1, 0.15) is 0 Å². The fourth-order valence-electron chi connectivity index (χ4n) is 3.07. The highest BCUT2D eigenvalue weighted by molar-refractivity contribution is 5.75. The van der Waals surface area contributed by atoms with E-state index in [2.05, 4.69) is 0 Å². The lowest BCUT2D eigenvalue weighted by Gasteiger charge is -2.27. The molecule has 0 aromatic rings. The minimum absolute atomic E-state index is 0.0234. The molecule has 2 atom stereocenters. The van der Waals surface area contributed by atoms with Gasteiger partial charge in [-0.05, 0) is 19.8 Å². The summed E-state index contributed by atoms with van der Waals surface area (Å²) in [5.74, 6) is -0.654. The van der Waals surface area contributed by atoms with Crippen molar-refractivity contribution in [2.75, 3.05) is 45.8 Å². The van der Waals surface area contributed by atoms with Crippen molar-refractivity contribution in [2.45, 2.75) is 25.9 Å². The number of aliphatic hydroxyl groups excluding tert-OH is 1. The largest absolute Gasteiger partial charge is 0.480 e. The summed E-state index contributed by atoms with van der Waals surface area (Å²) >= 11 is 0. The number of nitrogens with zero attached hydrogens (tertiary/aromatic N) is 3. The lowest BCUT2D eigenvalue weighted by Crippen LogP contribution is -2.44. The van der Waals surface area contributed by atoms with E-state index in [-0.39, 0.29) is 24.6 Å². The summed E-state index contributed by atoms with van der Waals surface area (Å²) in [6.45, 7) is 5.69. The van der Waals surface area contributed by atoms with Gasteiger partial charge in [0.2, 0.25) is 0 Å². The van der Waals surface area contributed by atoms with E-state index in [9.17, 15) is 14.7 Å². The second-order valence-corrected chi connectivity index (χ2v) is 6.03. The molecular weight excluding hydrogens is 274 g/mol. The van der Waals surface area contributed by atoms with Gasteiger partial charge in [0.15, 0.2) is 0 Å². The molecule has 0 spiro atoms. The molecule has 2 unspecified atom stereocenters. The van der Waals surface area contributed by atoms with E-state index in [4.69, 9.17) is 5.11 Å². The summed E-state index contributed by atoms with van der Waals surface area (Å²) in [6.07, 6.45) is 1.27. The van der Waals surface area contributed by atoms with Gasteiger partial charge in [-0.1, -0.05) is 0 Å². The third-order valence-corrected chi connectivity index (χ3v) is 4.40. The first-order valence-corrected chi connectivity index (χ1v) is 7.63. The summed E-state index contributed by atoms with van der Waals surface area (Å²) in [5.41, 5.74) is 0. The minimum atomic E-state index is -0.825. The van der Waals surface area contributed by atoms with Crippen molar-refractivity contribution in [3.63, 3.8) is 0 Å².